The number of aliphatic carboxylic acids is 1. The van der Waals surface area contributed by atoms with E-state index in [1.807, 2.05) is 0 Å². The van der Waals surface area contributed by atoms with E-state index in [4.69, 9.17) is 0 Å². The molecule has 0 heterocycles. The quantitative estimate of drug-likeness (QED) is 0.479. The molecule has 0 aromatic heterocycles. The SMILES string of the molecule is C/C(=C\CCC(C)[N+](C)(C)C)C(=O)[O-]. The zero-order valence-corrected chi connectivity index (χ0v) is 9.83. The van der Waals surface area contributed by atoms with Crippen LogP contribution in [0.25, 0.3) is 0 Å². The summed E-state index contributed by atoms with van der Waals surface area (Å²) in [5.74, 6) is -1.07. The number of hydrogen-bond donors (Lipinski definition) is 0. The number of rotatable bonds is 5. The van der Waals surface area contributed by atoms with Gasteiger partial charge in [0.15, 0.2) is 0 Å². The summed E-state index contributed by atoms with van der Waals surface area (Å²) in [5, 5.41) is 10.4. The lowest BCUT2D eigenvalue weighted by Gasteiger charge is -2.31. The minimum Gasteiger partial charge on any atom is -0.545 e. The molecule has 0 bridgehead atoms. The highest BCUT2D eigenvalue weighted by Gasteiger charge is 2.16. The molecular weight excluding hydrogens is 178 g/mol. The summed E-state index contributed by atoms with van der Waals surface area (Å²) in [6, 6.07) is 0.529. The third-order valence-corrected chi connectivity index (χ3v) is 2.68. The van der Waals surface area contributed by atoms with Crippen molar-refractivity contribution in [3.05, 3.63) is 11.6 Å². The maximum Gasteiger partial charge on any atom is 0.0858 e. The largest absolute Gasteiger partial charge is 0.545 e. The lowest BCUT2D eigenvalue weighted by atomic mass is 10.1. The molecule has 0 aliphatic rings. The number of quaternary nitrogens is 1. The zero-order valence-electron chi connectivity index (χ0n) is 9.83. The molecule has 0 N–H and O–H groups in total. The predicted octanol–water partition coefficient (Wildman–Crippen LogP) is 0.557. The van der Waals surface area contributed by atoms with Crippen LogP contribution in [0.3, 0.4) is 0 Å². The Kier molecular flexibility index (Phi) is 4.85. The molecule has 0 aliphatic heterocycles. The van der Waals surface area contributed by atoms with Crippen molar-refractivity contribution >= 4 is 5.97 Å². The minimum absolute atomic E-state index is 0.332. The highest BCUT2D eigenvalue weighted by molar-refractivity contribution is 5.83. The Morgan fingerprint density at radius 2 is 1.93 bits per heavy atom. The van der Waals surface area contributed by atoms with Crippen molar-refractivity contribution in [1.82, 2.24) is 0 Å². The van der Waals surface area contributed by atoms with Gasteiger partial charge >= 0.3 is 0 Å². The van der Waals surface area contributed by atoms with Crippen molar-refractivity contribution in [3.63, 3.8) is 0 Å². The molecule has 0 fully saturated rings. The monoisotopic (exact) mass is 199 g/mol. The number of allylic oxidation sites excluding steroid dienone is 1. The average molecular weight is 199 g/mol. The van der Waals surface area contributed by atoms with E-state index in [2.05, 4.69) is 28.1 Å². The lowest BCUT2D eigenvalue weighted by molar-refractivity contribution is -0.894. The number of carbonyl (C=O) groups excluding carboxylic acids is 1. The Morgan fingerprint density at radius 1 is 1.43 bits per heavy atom. The van der Waals surface area contributed by atoms with E-state index >= 15 is 0 Å². The van der Waals surface area contributed by atoms with E-state index in [1.54, 1.807) is 13.0 Å². The van der Waals surface area contributed by atoms with E-state index in [0.717, 1.165) is 17.3 Å². The van der Waals surface area contributed by atoms with Crippen LogP contribution in [-0.4, -0.2) is 37.6 Å². The van der Waals surface area contributed by atoms with E-state index in [-0.39, 0.29) is 0 Å². The molecule has 0 saturated carbocycles. The Labute approximate surface area is 86.6 Å². The topological polar surface area (TPSA) is 40.1 Å². The molecule has 0 aromatic carbocycles. The molecule has 1 atom stereocenters. The van der Waals surface area contributed by atoms with Crippen molar-refractivity contribution in [2.45, 2.75) is 32.7 Å². The van der Waals surface area contributed by atoms with Crippen LogP contribution < -0.4 is 5.11 Å². The molecule has 0 radical (unpaired) electrons. The van der Waals surface area contributed by atoms with Crippen LogP contribution in [0.1, 0.15) is 26.7 Å². The molecule has 0 spiro atoms. The smallest absolute Gasteiger partial charge is 0.0858 e. The van der Waals surface area contributed by atoms with Gasteiger partial charge in [-0.25, -0.2) is 0 Å². The molecule has 3 heteroatoms. The standard InChI is InChI=1S/C11H21NO2/c1-9(11(13)14)7-6-8-10(2)12(3,4)5/h7,10H,6,8H2,1-5H3/b9-7+. The van der Waals surface area contributed by atoms with E-state index < -0.39 is 5.97 Å². The van der Waals surface area contributed by atoms with Crippen molar-refractivity contribution in [1.29, 1.82) is 0 Å². The molecule has 1 unspecified atom stereocenters. The summed E-state index contributed by atoms with van der Waals surface area (Å²) in [4.78, 5) is 10.4. The number of hydrogen-bond acceptors (Lipinski definition) is 2. The summed E-state index contributed by atoms with van der Waals surface area (Å²) < 4.78 is 0.901. The summed E-state index contributed by atoms with van der Waals surface area (Å²) in [5.41, 5.74) is 0.332. The van der Waals surface area contributed by atoms with Crippen molar-refractivity contribution in [2.24, 2.45) is 0 Å². The second-order valence-electron chi connectivity index (χ2n) is 4.72. The molecule has 14 heavy (non-hydrogen) atoms. The highest BCUT2D eigenvalue weighted by Crippen LogP contribution is 2.10. The van der Waals surface area contributed by atoms with Gasteiger partial charge < -0.3 is 14.4 Å². The molecule has 0 aliphatic carbocycles. The third kappa shape index (κ3) is 5.02. The van der Waals surface area contributed by atoms with Gasteiger partial charge in [-0.1, -0.05) is 6.08 Å². The summed E-state index contributed by atoms with van der Waals surface area (Å²) in [6.45, 7) is 3.74. The first-order valence-corrected chi connectivity index (χ1v) is 4.94. The molecule has 3 nitrogen and oxygen atoms in total. The van der Waals surface area contributed by atoms with E-state index in [0.29, 0.717) is 11.6 Å². The molecule has 0 aromatic rings. The van der Waals surface area contributed by atoms with E-state index in [1.165, 1.54) is 0 Å². The Balaban J connectivity index is 3.97. The zero-order chi connectivity index (χ0) is 11.4. The number of carbonyl (C=O) groups is 1. The van der Waals surface area contributed by atoms with Gasteiger partial charge in [0.25, 0.3) is 0 Å². The van der Waals surface area contributed by atoms with Gasteiger partial charge in [-0.15, -0.1) is 0 Å². The van der Waals surface area contributed by atoms with Crippen molar-refractivity contribution in [3.8, 4) is 0 Å². The van der Waals surface area contributed by atoms with E-state index in [9.17, 15) is 9.90 Å². The van der Waals surface area contributed by atoms with Crippen LogP contribution in [0, 0.1) is 0 Å². The molecule has 82 valence electrons. The fourth-order valence-corrected chi connectivity index (χ4v) is 1.01. The van der Waals surface area contributed by atoms with Crippen molar-refractivity contribution in [2.75, 3.05) is 21.1 Å². The summed E-state index contributed by atoms with van der Waals surface area (Å²) in [7, 11) is 6.42. The molecule has 0 amide bonds. The molecular formula is C11H21NO2. The van der Waals surface area contributed by atoms with Crippen LogP contribution in [-0.2, 0) is 4.79 Å². The van der Waals surface area contributed by atoms with Gasteiger partial charge in [0.05, 0.1) is 33.2 Å². The first-order valence-electron chi connectivity index (χ1n) is 4.94. The first kappa shape index (κ1) is 13.2. The van der Waals surface area contributed by atoms with Gasteiger partial charge in [-0.05, 0) is 25.8 Å². The number of carboxylic acids is 1. The third-order valence-electron chi connectivity index (χ3n) is 2.68. The second kappa shape index (κ2) is 5.15. The molecule has 0 rings (SSSR count). The highest BCUT2D eigenvalue weighted by atomic mass is 16.4. The van der Waals surface area contributed by atoms with Crippen LogP contribution in [0.4, 0.5) is 0 Å². The van der Waals surface area contributed by atoms with Crippen LogP contribution in [0.5, 0.6) is 0 Å². The predicted molar refractivity (Wildman–Crippen MR) is 55.5 cm³/mol. The van der Waals surface area contributed by atoms with Crippen LogP contribution in [0.2, 0.25) is 0 Å². The Morgan fingerprint density at radius 3 is 2.29 bits per heavy atom. The first-order chi connectivity index (χ1) is 6.25. The van der Waals surface area contributed by atoms with Crippen LogP contribution >= 0.6 is 0 Å². The maximum absolute atomic E-state index is 10.4. The number of nitrogens with zero attached hydrogens (tertiary/aromatic N) is 1. The van der Waals surface area contributed by atoms with Gasteiger partial charge in [0, 0.05) is 6.42 Å². The Hall–Kier alpha value is -0.830. The average Bonchev–Trinajstić information content (AvgIpc) is 2.01. The van der Waals surface area contributed by atoms with Gasteiger partial charge in [-0.2, -0.15) is 0 Å². The van der Waals surface area contributed by atoms with Crippen LogP contribution in [0.15, 0.2) is 11.6 Å². The summed E-state index contributed by atoms with van der Waals surface area (Å²) in [6.07, 6.45) is 3.53. The normalized spacial score (nSPS) is 15.4. The fourth-order valence-electron chi connectivity index (χ4n) is 1.01. The Bertz CT molecular complexity index is 226. The minimum atomic E-state index is -1.07. The van der Waals surface area contributed by atoms with Gasteiger partial charge in [0.1, 0.15) is 0 Å². The molecule has 0 saturated heterocycles. The van der Waals surface area contributed by atoms with Crippen molar-refractivity contribution < 1.29 is 14.4 Å². The summed E-state index contributed by atoms with van der Waals surface area (Å²) >= 11 is 0. The van der Waals surface area contributed by atoms with Gasteiger partial charge in [0.2, 0.25) is 0 Å². The lowest BCUT2D eigenvalue weighted by Crippen LogP contribution is -2.43. The maximum atomic E-state index is 10.4. The van der Waals surface area contributed by atoms with Gasteiger partial charge in [-0.3, -0.25) is 0 Å². The second-order valence-corrected chi connectivity index (χ2v) is 4.72. The number of carboxylic acid groups (broad SMARTS) is 1. The fraction of sp³-hybridized carbons (Fsp3) is 0.727.